The molecule has 9 nitrogen and oxygen atoms in total. The van der Waals surface area contributed by atoms with Crippen molar-refractivity contribution in [2.45, 2.75) is 24.4 Å². The number of ether oxygens (including phenoxy) is 1. The third-order valence-corrected chi connectivity index (χ3v) is 2.83. The molecule has 4 atom stereocenters. The average Bonchev–Trinajstić information content (AvgIpc) is 2.75. The van der Waals surface area contributed by atoms with Crippen LogP contribution in [0.2, 0.25) is 0 Å². The summed E-state index contributed by atoms with van der Waals surface area (Å²) in [5, 5.41) is 31.8. The highest BCUT2D eigenvalue weighted by atomic mass is 16.6. The minimum absolute atomic E-state index is 0.319. The van der Waals surface area contributed by atoms with E-state index in [0.29, 0.717) is 5.56 Å². The van der Waals surface area contributed by atoms with Crippen molar-refractivity contribution in [3.05, 3.63) is 30.1 Å². The summed E-state index contributed by atoms with van der Waals surface area (Å²) >= 11 is 0. The van der Waals surface area contributed by atoms with Crippen LogP contribution in [0.1, 0.15) is 10.4 Å². The van der Waals surface area contributed by atoms with Crippen LogP contribution in [0.15, 0.2) is 29.6 Å². The lowest BCUT2D eigenvalue weighted by Gasteiger charge is -2.16. The van der Waals surface area contributed by atoms with Crippen molar-refractivity contribution < 1.29 is 29.6 Å². The maximum absolute atomic E-state index is 11.6. The molecule has 1 aromatic rings. The molecule has 1 aliphatic rings. The second-order valence-electron chi connectivity index (χ2n) is 4.28. The first-order valence-electron chi connectivity index (χ1n) is 5.99. The Labute approximate surface area is 118 Å². The van der Waals surface area contributed by atoms with Crippen LogP contribution in [0.3, 0.4) is 0 Å². The molecule has 1 amide bonds. The molecule has 9 heteroatoms. The lowest BCUT2D eigenvalue weighted by Crippen LogP contribution is -2.39. The standard InChI is InChI=1S/C12H13N3O6/c16-7(10-8(17)9(18)12(20)21-10)5-14-15-11(19)6-1-3-13-4-2-6/h1-5,7-10,16-18H,(H,15,19). The minimum atomic E-state index is -1.70. The van der Waals surface area contributed by atoms with Crippen LogP contribution in [-0.2, 0) is 9.53 Å². The largest absolute Gasteiger partial charge is 0.454 e. The Hall–Kier alpha value is -2.36. The summed E-state index contributed by atoms with van der Waals surface area (Å²) in [6, 6.07) is 2.94. The molecule has 1 saturated heterocycles. The molecule has 112 valence electrons. The number of nitrogens with one attached hydrogen (secondary N) is 1. The molecule has 0 aromatic carbocycles. The van der Waals surface area contributed by atoms with E-state index in [1.807, 2.05) is 0 Å². The van der Waals surface area contributed by atoms with E-state index in [4.69, 9.17) is 0 Å². The number of hydrazone groups is 1. The van der Waals surface area contributed by atoms with Crippen LogP contribution in [0, 0.1) is 0 Å². The lowest BCUT2D eigenvalue weighted by atomic mass is 10.1. The van der Waals surface area contributed by atoms with Gasteiger partial charge in [0.05, 0.1) is 6.21 Å². The van der Waals surface area contributed by atoms with E-state index in [1.165, 1.54) is 24.5 Å². The zero-order valence-corrected chi connectivity index (χ0v) is 10.7. The Morgan fingerprint density at radius 2 is 2.10 bits per heavy atom. The lowest BCUT2D eigenvalue weighted by molar-refractivity contribution is -0.149. The number of aliphatic hydroxyl groups excluding tert-OH is 3. The van der Waals surface area contributed by atoms with Gasteiger partial charge in [-0.3, -0.25) is 9.78 Å². The number of carbonyl (C=O) groups excluding carboxylic acids is 2. The first kappa shape index (κ1) is 15.0. The highest BCUT2D eigenvalue weighted by Crippen LogP contribution is 2.18. The van der Waals surface area contributed by atoms with Gasteiger partial charge in [0.2, 0.25) is 0 Å². The fourth-order valence-electron chi connectivity index (χ4n) is 1.69. The van der Waals surface area contributed by atoms with Crippen LogP contribution >= 0.6 is 0 Å². The van der Waals surface area contributed by atoms with Gasteiger partial charge in [0.1, 0.15) is 12.2 Å². The Morgan fingerprint density at radius 1 is 1.43 bits per heavy atom. The van der Waals surface area contributed by atoms with Crippen LogP contribution < -0.4 is 5.43 Å². The molecule has 4 N–H and O–H groups in total. The SMILES string of the molecule is O=C(NN=CC(O)C1OC(=O)C(O)C1O)c1ccncc1. The van der Waals surface area contributed by atoms with Gasteiger partial charge < -0.3 is 20.1 Å². The second-order valence-corrected chi connectivity index (χ2v) is 4.28. The summed E-state index contributed by atoms with van der Waals surface area (Å²) in [6.45, 7) is 0. The highest BCUT2D eigenvalue weighted by Gasteiger charge is 2.45. The molecule has 0 bridgehead atoms. The van der Waals surface area contributed by atoms with Crippen LogP contribution in [0.4, 0.5) is 0 Å². The van der Waals surface area contributed by atoms with E-state index in [9.17, 15) is 24.9 Å². The molecule has 0 saturated carbocycles. The summed E-state index contributed by atoms with van der Waals surface area (Å²) in [5.41, 5.74) is 2.47. The van der Waals surface area contributed by atoms with E-state index < -0.39 is 36.3 Å². The van der Waals surface area contributed by atoms with E-state index in [1.54, 1.807) is 0 Å². The number of pyridine rings is 1. The molecular formula is C12H13N3O6. The predicted octanol–water partition coefficient (Wildman–Crippen LogP) is -2.19. The molecule has 0 aliphatic carbocycles. The first-order chi connectivity index (χ1) is 10.0. The van der Waals surface area contributed by atoms with Gasteiger partial charge in [-0.05, 0) is 12.1 Å². The van der Waals surface area contributed by atoms with Gasteiger partial charge in [0.15, 0.2) is 12.2 Å². The van der Waals surface area contributed by atoms with Gasteiger partial charge in [-0.1, -0.05) is 0 Å². The fourth-order valence-corrected chi connectivity index (χ4v) is 1.69. The number of amides is 1. The number of rotatable bonds is 4. The molecule has 1 aliphatic heterocycles. The Morgan fingerprint density at radius 3 is 2.67 bits per heavy atom. The first-order valence-corrected chi connectivity index (χ1v) is 5.99. The number of hydrogen-bond acceptors (Lipinski definition) is 8. The molecule has 0 radical (unpaired) electrons. The molecule has 4 unspecified atom stereocenters. The van der Waals surface area contributed by atoms with Crippen molar-refractivity contribution in [3.8, 4) is 0 Å². The number of aromatic nitrogens is 1. The molecule has 0 spiro atoms. The van der Waals surface area contributed by atoms with Crippen LogP contribution in [0.5, 0.6) is 0 Å². The molecule has 2 heterocycles. The maximum Gasteiger partial charge on any atom is 0.338 e. The van der Waals surface area contributed by atoms with E-state index in [2.05, 4.69) is 20.2 Å². The van der Waals surface area contributed by atoms with Crippen molar-refractivity contribution in [2.24, 2.45) is 5.10 Å². The van der Waals surface area contributed by atoms with Crippen molar-refractivity contribution in [1.82, 2.24) is 10.4 Å². The maximum atomic E-state index is 11.6. The number of esters is 1. The van der Waals surface area contributed by atoms with E-state index in [-0.39, 0.29) is 0 Å². The molecular weight excluding hydrogens is 282 g/mol. The van der Waals surface area contributed by atoms with Crippen molar-refractivity contribution in [1.29, 1.82) is 0 Å². The van der Waals surface area contributed by atoms with Gasteiger partial charge in [-0.25, -0.2) is 10.2 Å². The van der Waals surface area contributed by atoms with Gasteiger partial charge in [-0.2, -0.15) is 5.10 Å². The number of carbonyl (C=O) groups is 2. The second kappa shape index (κ2) is 6.39. The van der Waals surface area contributed by atoms with Gasteiger partial charge in [0, 0.05) is 18.0 Å². The summed E-state index contributed by atoms with van der Waals surface area (Å²) in [5.74, 6) is -1.55. The summed E-state index contributed by atoms with van der Waals surface area (Å²) in [7, 11) is 0. The summed E-state index contributed by atoms with van der Waals surface area (Å²) < 4.78 is 4.59. The average molecular weight is 295 g/mol. The highest BCUT2D eigenvalue weighted by molar-refractivity contribution is 5.94. The smallest absolute Gasteiger partial charge is 0.338 e. The van der Waals surface area contributed by atoms with E-state index >= 15 is 0 Å². The quantitative estimate of drug-likeness (QED) is 0.281. The molecule has 21 heavy (non-hydrogen) atoms. The third-order valence-electron chi connectivity index (χ3n) is 2.83. The predicted molar refractivity (Wildman–Crippen MR) is 68.1 cm³/mol. The zero-order chi connectivity index (χ0) is 15.4. The van der Waals surface area contributed by atoms with Crippen molar-refractivity contribution in [2.75, 3.05) is 0 Å². The van der Waals surface area contributed by atoms with Gasteiger partial charge in [-0.15, -0.1) is 0 Å². The van der Waals surface area contributed by atoms with Crippen molar-refractivity contribution in [3.63, 3.8) is 0 Å². The topological polar surface area (TPSA) is 141 Å². The molecule has 2 rings (SSSR count). The number of hydrogen-bond donors (Lipinski definition) is 4. The minimum Gasteiger partial charge on any atom is -0.454 e. The third kappa shape index (κ3) is 3.40. The molecule has 1 aromatic heterocycles. The Kier molecular flexibility index (Phi) is 4.58. The zero-order valence-electron chi connectivity index (χ0n) is 10.7. The van der Waals surface area contributed by atoms with Crippen molar-refractivity contribution >= 4 is 18.1 Å². The van der Waals surface area contributed by atoms with Gasteiger partial charge in [0.25, 0.3) is 5.91 Å². The normalized spacial score (nSPS) is 26.6. The van der Waals surface area contributed by atoms with Crippen LogP contribution in [-0.4, -0.2) is 62.8 Å². The number of nitrogens with zero attached hydrogens (tertiary/aromatic N) is 2. The number of aliphatic hydroxyl groups is 3. The monoisotopic (exact) mass is 295 g/mol. The summed E-state index contributed by atoms with van der Waals surface area (Å²) in [6.07, 6.45) is -2.32. The Balaban J connectivity index is 1.90. The van der Waals surface area contributed by atoms with Crippen LogP contribution in [0.25, 0.3) is 0 Å². The Bertz CT molecular complexity index is 549. The number of cyclic esters (lactones) is 1. The summed E-state index contributed by atoms with van der Waals surface area (Å²) in [4.78, 5) is 26.4. The van der Waals surface area contributed by atoms with Gasteiger partial charge >= 0.3 is 5.97 Å². The molecule has 1 fully saturated rings. The van der Waals surface area contributed by atoms with E-state index in [0.717, 1.165) is 6.21 Å². The fraction of sp³-hybridized carbons (Fsp3) is 0.333.